The maximum absolute atomic E-state index is 10.9. The molecule has 0 saturated carbocycles. The fourth-order valence-corrected chi connectivity index (χ4v) is 2.06. The first kappa shape index (κ1) is 11.6. The fraction of sp³-hybridized carbons (Fsp3) is 0.385. The molecule has 4 heteroatoms. The van der Waals surface area contributed by atoms with Gasteiger partial charge in [0.25, 0.3) is 0 Å². The normalized spacial score (nSPS) is 12.9. The van der Waals surface area contributed by atoms with E-state index in [-0.39, 0.29) is 0 Å². The van der Waals surface area contributed by atoms with E-state index in [4.69, 9.17) is 5.11 Å². The van der Waals surface area contributed by atoms with Gasteiger partial charge in [-0.05, 0) is 25.5 Å². The Hall–Kier alpha value is -1.84. The van der Waals surface area contributed by atoms with E-state index in [0.29, 0.717) is 6.54 Å². The van der Waals surface area contributed by atoms with Crippen molar-refractivity contribution in [2.45, 2.75) is 27.3 Å². The summed E-state index contributed by atoms with van der Waals surface area (Å²) in [5.41, 5.74) is 3.14. The van der Waals surface area contributed by atoms with Crippen LogP contribution in [0.2, 0.25) is 0 Å². The van der Waals surface area contributed by atoms with E-state index in [1.165, 1.54) is 5.56 Å². The largest absolute Gasteiger partial charge is 0.481 e. The van der Waals surface area contributed by atoms with E-state index in [0.717, 1.165) is 16.6 Å². The Balaban J connectivity index is 2.46. The van der Waals surface area contributed by atoms with Crippen LogP contribution in [0.3, 0.4) is 0 Å². The third kappa shape index (κ3) is 2.02. The van der Waals surface area contributed by atoms with Crippen molar-refractivity contribution in [3.05, 3.63) is 29.5 Å². The number of carboxylic acid groups (broad SMARTS) is 1. The summed E-state index contributed by atoms with van der Waals surface area (Å²) in [6.07, 6.45) is 0. The van der Waals surface area contributed by atoms with Gasteiger partial charge in [0.2, 0.25) is 0 Å². The minimum Gasteiger partial charge on any atom is -0.481 e. The molecule has 4 nitrogen and oxygen atoms in total. The van der Waals surface area contributed by atoms with E-state index in [9.17, 15) is 4.79 Å². The molecular weight excluding hydrogens is 216 g/mol. The molecule has 0 saturated heterocycles. The van der Waals surface area contributed by atoms with E-state index >= 15 is 0 Å². The SMILES string of the molecule is Cc1cccc2nn(CC(C)C(=O)O)c(C)c12. The highest BCUT2D eigenvalue weighted by Gasteiger charge is 2.15. The van der Waals surface area contributed by atoms with Crippen molar-refractivity contribution in [2.75, 3.05) is 0 Å². The van der Waals surface area contributed by atoms with Gasteiger partial charge in [-0.15, -0.1) is 0 Å². The molecule has 1 unspecified atom stereocenters. The molecule has 0 spiro atoms. The van der Waals surface area contributed by atoms with Crippen molar-refractivity contribution < 1.29 is 9.90 Å². The Bertz CT molecular complexity index is 572. The molecule has 0 amide bonds. The van der Waals surface area contributed by atoms with Crippen LogP contribution in [-0.2, 0) is 11.3 Å². The van der Waals surface area contributed by atoms with Crippen molar-refractivity contribution >= 4 is 16.9 Å². The van der Waals surface area contributed by atoms with Gasteiger partial charge in [0.15, 0.2) is 0 Å². The van der Waals surface area contributed by atoms with Gasteiger partial charge in [0.05, 0.1) is 18.0 Å². The van der Waals surface area contributed by atoms with Crippen LogP contribution < -0.4 is 0 Å². The fourth-order valence-electron chi connectivity index (χ4n) is 2.06. The lowest BCUT2D eigenvalue weighted by atomic mass is 10.1. The number of rotatable bonds is 3. The lowest BCUT2D eigenvalue weighted by molar-refractivity contribution is -0.141. The predicted octanol–water partition coefficient (Wildman–Crippen LogP) is 2.37. The summed E-state index contributed by atoms with van der Waals surface area (Å²) in [4.78, 5) is 10.9. The van der Waals surface area contributed by atoms with E-state index in [2.05, 4.69) is 5.10 Å². The van der Waals surface area contributed by atoms with E-state index < -0.39 is 11.9 Å². The van der Waals surface area contributed by atoms with Crippen LogP contribution in [0, 0.1) is 19.8 Å². The van der Waals surface area contributed by atoms with Crippen LogP contribution in [0.5, 0.6) is 0 Å². The second-order valence-electron chi connectivity index (χ2n) is 4.48. The molecule has 1 aromatic heterocycles. The van der Waals surface area contributed by atoms with Crippen molar-refractivity contribution in [3.63, 3.8) is 0 Å². The summed E-state index contributed by atoms with van der Waals surface area (Å²) >= 11 is 0. The van der Waals surface area contributed by atoms with Crippen LogP contribution >= 0.6 is 0 Å². The summed E-state index contributed by atoms with van der Waals surface area (Å²) in [6.45, 7) is 6.13. The monoisotopic (exact) mass is 232 g/mol. The summed E-state index contributed by atoms with van der Waals surface area (Å²) in [6, 6.07) is 5.97. The maximum atomic E-state index is 10.9. The van der Waals surface area contributed by atoms with E-state index in [1.54, 1.807) is 11.6 Å². The molecule has 90 valence electrons. The number of aryl methyl sites for hydroxylation is 2. The van der Waals surface area contributed by atoms with Gasteiger partial charge in [-0.2, -0.15) is 5.10 Å². The zero-order chi connectivity index (χ0) is 12.6. The Labute approximate surface area is 99.9 Å². The van der Waals surface area contributed by atoms with Crippen LogP contribution in [0.15, 0.2) is 18.2 Å². The zero-order valence-electron chi connectivity index (χ0n) is 10.3. The van der Waals surface area contributed by atoms with Crippen LogP contribution in [0.4, 0.5) is 0 Å². The molecule has 17 heavy (non-hydrogen) atoms. The standard InChI is InChI=1S/C13H16N2O2/c1-8-5-4-6-11-12(8)10(3)15(14-11)7-9(2)13(16)17/h4-6,9H,7H2,1-3H3,(H,16,17). The highest BCUT2D eigenvalue weighted by molar-refractivity contribution is 5.84. The number of hydrogen-bond acceptors (Lipinski definition) is 2. The van der Waals surface area contributed by atoms with Crippen LogP contribution in [0.25, 0.3) is 10.9 Å². The molecular formula is C13H16N2O2. The second-order valence-corrected chi connectivity index (χ2v) is 4.48. The van der Waals surface area contributed by atoms with Gasteiger partial charge < -0.3 is 5.11 Å². The highest BCUT2D eigenvalue weighted by Crippen LogP contribution is 2.22. The number of nitrogens with zero attached hydrogens (tertiary/aromatic N) is 2. The van der Waals surface area contributed by atoms with Crippen molar-refractivity contribution in [1.29, 1.82) is 0 Å². The van der Waals surface area contributed by atoms with Gasteiger partial charge >= 0.3 is 5.97 Å². The number of benzene rings is 1. The molecule has 0 aliphatic heterocycles. The molecule has 2 rings (SSSR count). The van der Waals surface area contributed by atoms with Gasteiger partial charge in [-0.3, -0.25) is 9.48 Å². The lowest BCUT2D eigenvalue weighted by Crippen LogP contribution is -2.18. The number of carbonyl (C=O) groups is 1. The number of aromatic nitrogens is 2. The molecule has 2 aromatic rings. The average molecular weight is 232 g/mol. The molecule has 1 N–H and O–H groups in total. The Kier molecular flexibility index (Phi) is 2.88. The van der Waals surface area contributed by atoms with Crippen molar-refractivity contribution in [3.8, 4) is 0 Å². The first-order valence-corrected chi connectivity index (χ1v) is 5.66. The quantitative estimate of drug-likeness (QED) is 0.883. The topological polar surface area (TPSA) is 55.1 Å². The first-order valence-electron chi connectivity index (χ1n) is 5.66. The van der Waals surface area contributed by atoms with Crippen LogP contribution in [0.1, 0.15) is 18.2 Å². The summed E-state index contributed by atoms with van der Waals surface area (Å²) in [5.74, 6) is -1.22. The van der Waals surface area contributed by atoms with Crippen molar-refractivity contribution in [2.24, 2.45) is 5.92 Å². The molecule has 0 aliphatic carbocycles. The molecule has 1 aromatic carbocycles. The Morgan fingerprint density at radius 2 is 2.18 bits per heavy atom. The first-order chi connectivity index (χ1) is 8.00. The van der Waals surface area contributed by atoms with Gasteiger partial charge in [0.1, 0.15) is 0 Å². The summed E-state index contributed by atoms with van der Waals surface area (Å²) in [5, 5.41) is 14.5. The Morgan fingerprint density at radius 3 is 2.76 bits per heavy atom. The molecule has 0 fully saturated rings. The predicted molar refractivity (Wildman–Crippen MR) is 66.0 cm³/mol. The highest BCUT2D eigenvalue weighted by atomic mass is 16.4. The molecule has 0 bridgehead atoms. The third-order valence-corrected chi connectivity index (χ3v) is 3.10. The maximum Gasteiger partial charge on any atom is 0.308 e. The number of hydrogen-bond donors (Lipinski definition) is 1. The number of aliphatic carboxylic acids is 1. The lowest BCUT2D eigenvalue weighted by Gasteiger charge is -2.08. The Morgan fingerprint density at radius 1 is 1.47 bits per heavy atom. The number of fused-ring (bicyclic) bond motifs is 1. The van der Waals surface area contributed by atoms with Crippen LogP contribution in [-0.4, -0.2) is 20.9 Å². The minimum atomic E-state index is -0.791. The van der Waals surface area contributed by atoms with Gasteiger partial charge in [-0.25, -0.2) is 0 Å². The molecule has 1 atom stereocenters. The van der Waals surface area contributed by atoms with E-state index in [1.807, 2.05) is 32.0 Å². The molecule has 1 heterocycles. The third-order valence-electron chi connectivity index (χ3n) is 3.10. The zero-order valence-corrected chi connectivity index (χ0v) is 10.3. The molecule has 0 aliphatic rings. The smallest absolute Gasteiger partial charge is 0.308 e. The average Bonchev–Trinajstić information content (AvgIpc) is 2.57. The van der Waals surface area contributed by atoms with Gasteiger partial charge in [-0.1, -0.05) is 19.1 Å². The minimum absolute atomic E-state index is 0.412. The molecule has 0 radical (unpaired) electrons. The second kappa shape index (κ2) is 4.20. The summed E-state index contributed by atoms with van der Waals surface area (Å²) in [7, 11) is 0. The number of carboxylic acids is 1. The summed E-state index contributed by atoms with van der Waals surface area (Å²) < 4.78 is 1.79. The van der Waals surface area contributed by atoms with Crippen molar-refractivity contribution in [1.82, 2.24) is 9.78 Å². The van der Waals surface area contributed by atoms with Gasteiger partial charge in [0, 0.05) is 11.1 Å².